The molecule has 2 fully saturated rings. The van der Waals surface area contributed by atoms with Crippen LogP contribution in [0.15, 0.2) is 53.2 Å². The molecule has 0 spiro atoms. The number of alkyl halides is 2. The van der Waals surface area contributed by atoms with Crippen LogP contribution in [0.25, 0.3) is 11.0 Å². The second-order valence-corrected chi connectivity index (χ2v) is 17.2. The standard InChI is InChI=1S/C38H27Br2Cl2F5N6O9/c1-49-17-11-20(61-3)19(60-2)10-16(17)48-15(32(49)55)6-7-50-35(58)51-8-5-13-18(53(51)36(50)59)12-37(41)33(56)52(30-28(46)26(44)25(43)27(45)29(30)47)34(57)38(37,42)22(13)14-9-21(62-4)31(54)24(40)23(14)39/h5,9-11,18,22,54H,6-8,12H2,1-4H3. The van der Waals surface area contributed by atoms with Gasteiger partial charge in [0.15, 0.2) is 56.0 Å². The summed E-state index contributed by atoms with van der Waals surface area (Å²) < 4.78 is 94.3. The number of phenols is 1. The van der Waals surface area contributed by atoms with Crippen molar-refractivity contribution in [2.45, 2.75) is 47.6 Å². The minimum atomic E-state index is -2.87. The number of carbonyl (C=O) groups is 2. The van der Waals surface area contributed by atoms with Crippen molar-refractivity contribution in [1.29, 1.82) is 0 Å². The maximum atomic E-state index is 15.4. The Kier molecular flexibility index (Phi) is 10.5. The molecule has 5 aromatic rings. The summed E-state index contributed by atoms with van der Waals surface area (Å²) >= 11 is 21.0. The first-order valence-electron chi connectivity index (χ1n) is 18.0. The molecule has 4 unspecified atom stereocenters. The zero-order valence-electron chi connectivity index (χ0n) is 32.1. The number of amides is 2. The second kappa shape index (κ2) is 15.0. The number of methoxy groups -OCH3 is 3. The average molecular weight is 1040 g/mol. The van der Waals surface area contributed by atoms with Crippen LogP contribution in [-0.2, 0) is 36.1 Å². The van der Waals surface area contributed by atoms with Crippen LogP contribution in [0.2, 0.25) is 0 Å². The lowest BCUT2D eigenvalue weighted by Gasteiger charge is -2.49. The van der Waals surface area contributed by atoms with Crippen LogP contribution in [0.1, 0.15) is 29.6 Å². The highest BCUT2D eigenvalue weighted by Crippen LogP contribution is 2.65. The number of phenolic OH excluding ortho intramolecular Hbond substituents is 1. The molecule has 3 aromatic carbocycles. The lowest BCUT2D eigenvalue weighted by molar-refractivity contribution is -0.122. The van der Waals surface area contributed by atoms with Crippen molar-refractivity contribution >= 4 is 83.6 Å². The summed E-state index contributed by atoms with van der Waals surface area (Å²) in [6.45, 7) is -0.775. The number of nitrogens with zero attached hydrogens (tertiary/aromatic N) is 6. The number of aryl methyl sites for hydroxylation is 2. The third-order valence-electron chi connectivity index (χ3n) is 11.5. The van der Waals surface area contributed by atoms with E-state index in [1.54, 1.807) is 12.1 Å². The van der Waals surface area contributed by atoms with Gasteiger partial charge in [0.25, 0.3) is 17.4 Å². The SMILES string of the molecule is COc1cc2nc(CCn3c(=O)n4n(c3=O)C3CC5(Cl)C(=O)N(c6c(F)c(F)c(F)c(F)c6F)C(=O)C5(Cl)C(c5cc(OC)c(O)c(Br)c5Br)C3=CC4)c(=O)n(C)c2cc1OC. The van der Waals surface area contributed by atoms with Gasteiger partial charge in [-0.3, -0.25) is 14.4 Å². The molecule has 0 bridgehead atoms. The molecule has 8 rings (SSSR count). The molecule has 2 amide bonds. The van der Waals surface area contributed by atoms with E-state index in [-0.39, 0.29) is 49.4 Å². The number of rotatable bonds is 8. The van der Waals surface area contributed by atoms with E-state index < -0.39 is 104 Å². The minimum absolute atomic E-state index is 0.0234. The number of allylic oxidation sites excluding steroid dienone is 2. The molecule has 1 saturated carbocycles. The average Bonchev–Trinajstić information content (AvgIpc) is 3.58. The predicted octanol–water partition coefficient (Wildman–Crippen LogP) is 5.45. The first-order chi connectivity index (χ1) is 29.2. The maximum Gasteiger partial charge on any atom is 0.347 e. The Hall–Kier alpha value is -5.19. The molecule has 24 heteroatoms. The van der Waals surface area contributed by atoms with Gasteiger partial charge in [-0.05, 0) is 49.1 Å². The lowest BCUT2D eigenvalue weighted by atomic mass is 9.64. The van der Waals surface area contributed by atoms with Gasteiger partial charge in [-0.15, -0.1) is 23.2 Å². The van der Waals surface area contributed by atoms with Crippen molar-refractivity contribution in [2.75, 3.05) is 26.2 Å². The number of anilines is 1. The summed E-state index contributed by atoms with van der Waals surface area (Å²) in [6, 6.07) is 2.83. The monoisotopic (exact) mass is 1030 g/mol. The number of ether oxygens (including phenoxy) is 3. The second-order valence-electron chi connectivity index (χ2n) is 14.4. The summed E-state index contributed by atoms with van der Waals surface area (Å²) in [5.74, 6) is -17.8. The molecule has 1 saturated heterocycles. The van der Waals surface area contributed by atoms with E-state index in [1.165, 1.54) is 45.1 Å². The highest BCUT2D eigenvalue weighted by Gasteiger charge is 2.76. The van der Waals surface area contributed by atoms with E-state index in [9.17, 15) is 42.3 Å². The Balaban J connectivity index is 1.29. The van der Waals surface area contributed by atoms with Crippen molar-refractivity contribution in [3.63, 3.8) is 0 Å². The molecule has 2 aromatic heterocycles. The van der Waals surface area contributed by atoms with E-state index in [4.69, 9.17) is 37.4 Å². The zero-order chi connectivity index (χ0) is 45.2. The Morgan fingerprint density at radius 2 is 1.44 bits per heavy atom. The number of benzene rings is 3. The van der Waals surface area contributed by atoms with Crippen molar-refractivity contribution < 1.29 is 50.9 Å². The van der Waals surface area contributed by atoms with Gasteiger partial charge in [-0.25, -0.2) is 55.4 Å². The van der Waals surface area contributed by atoms with Crippen LogP contribution in [0.3, 0.4) is 0 Å². The predicted molar refractivity (Wildman–Crippen MR) is 217 cm³/mol. The van der Waals surface area contributed by atoms with E-state index in [0.29, 0.717) is 22.5 Å². The van der Waals surface area contributed by atoms with Crippen LogP contribution in [-0.4, -0.2) is 71.5 Å². The van der Waals surface area contributed by atoms with Crippen LogP contribution in [0.4, 0.5) is 27.6 Å². The van der Waals surface area contributed by atoms with Crippen LogP contribution in [0.5, 0.6) is 23.0 Å². The number of hydrogen-bond donors (Lipinski definition) is 1. The molecule has 1 N–H and O–H groups in total. The van der Waals surface area contributed by atoms with Crippen molar-refractivity contribution in [3.8, 4) is 23.0 Å². The highest BCUT2D eigenvalue weighted by molar-refractivity contribution is 9.13. The lowest BCUT2D eigenvalue weighted by Crippen LogP contribution is -2.59. The van der Waals surface area contributed by atoms with E-state index >= 15 is 8.78 Å². The van der Waals surface area contributed by atoms with Gasteiger partial charge in [-0.1, -0.05) is 6.08 Å². The molecule has 326 valence electrons. The maximum absolute atomic E-state index is 15.4. The molecule has 4 heterocycles. The Morgan fingerprint density at radius 1 is 0.839 bits per heavy atom. The normalized spacial score (nSPS) is 21.8. The Morgan fingerprint density at radius 3 is 2.05 bits per heavy atom. The molecule has 0 radical (unpaired) electrons. The van der Waals surface area contributed by atoms with E-state index in [0.717, 1.165) is 13.9 Å². The summed E-state index contributed by atoms with van der Waals surface area (Å²) in [7, 11) is 5.51. The summed E-state index contributed by atoms with van der Waals surface area (Å²) in [5.41, 5.74) is -3.70. The third-order valence-corrected chi connectivity index (χ3v) is 15.1. The van der Waals surface area contributed by atoms with Crippen molar-refractivity contribution in [3.05, 3.63) is 110 Å². The number of aromatic hydroxyl groups is 1. The van der Waals surface area contributed by atoms with Crippen molar-refractivity contribution in [2.24, 2.45) is 7.05 Å². The largest absolute Gasteiger partial charge is 0.503 e. The van der Waals surface area contributed by atoms with Crippen LogP contribution in [0, 0.1) is 29.1 Å². The van der Waals surface area contributed by atoms with Gasteiger partial charge in [0.05, 0.1) is 49.4 Å². The highest BCUT2D eigenvalue weighted by atomic mass is 79.9. The molecule has 3 aliphatic rings. The quantitative estimate of drug-likeness (QED) is 0.0527. The van der Waals surface area contributed by atoms with Gasteiger partial charge in [-0.2, -0.15) is 0 Å². The first-order valence-corrected chi connectivity index (χ1v) is 20.3. The summed E-state index contributed by atoms with van der Waals surface area (Å²) in [4.78, 5) is 69.6. The first kappa shape index (κ1) is 43.5. The van der Waals surface area contributed by atoms with Gasteiger partial charge in [0.1, 0.15) is 11.4 Å². The molecule has 62 heavy (non-hydrogen) atoms. The van der Waals surface area contributed by atoms with Crippen molar-refractivity contribution in [1.82, 2.24) is 23.5 Å². The number of imide groups is 1. The zero-order valence-corrected chi connectivity index (χ0v) is 36.8. The molecular formula is C38H27Br2Cl2F5N6O9. The third kappa shape index (κ3) is 5.70. The van der Waals surface area contributed by atoms with Gasteiger partial charge in [0.2, 0.25) is 5.82 Å². The molecule has 1 aliphatic carbocycles. The number of aromatic nitrogens is 5. The summed E-state index contributed by atoms with van der Waals surface area (Å²) in [5, 5.41) is 10.8. The van der Waals surface area contributed by atoms with E-state index in [1.807, 2.05) is 0 Å². The Labute approximate surface area is 370 Å². The molecular weight excluding hydrogens is 1010 g/mol. The number of hydrogen-bond acceptors (Lipinski definition) is 10. The van der Waals surface area contributed by atoms with Crippen LogP contribution >= 0.6 is 55.1 Å². The van der Waals surface area contributed by atoms with Gasteiger partial charge < -0.3 is 23.9 Å². The fraction of sp³-hybridized carbons (Fsp3) is 0.316. The molecule has 15 nitrogen and oxygen atoms in total. The number of fused-ring (bicyclic) bond motifs is 5. The molecule has 4 atom stereocenters. The Bertz CT molecular complexity index is 3060. The van der Waals surface area contributed by atoms with E-state index in [2.05, 4.69) is 36.8 Å². The topological polar surface area (TPSA) is 169 Å². The van der Waals surface area contributed by atoms with Gasteiger partial charge in [0, 0.05) is 49.0 Å². The fourth-order valence-electron chi connectivity index (χ4n) is 8.48. The van der Waals surface area contributed by atoms with Gasteiger partial charge >= 0.3 is 11.4 Å². The smallest absolute Gasteiger partial charge is 0.347 e. The van der Waals surface area contributed by atoms with Crippen LogP contribution < -0.4 is 36.0 Å². The fourth-order valence-corrected chi connectivity index (χ4v) is 10.3. The molecule has 2 aliphatic heterocycles. The summed E-state index contributed by atoms with van der Waals surface area (Å²) in [6.07, 6.45) is 0.306. The number of halogens is 9. The number of carbonyl (C=O) groups excluding carboxylic acids is 2. The minimum Gasteiger partial charge on any atom is -0.503 e.